The number of carbonyl (C=O) groups is 2. The average molecular weight is 397 g/mol. The molecule has 3 amide bonds. The van der Waals surface area contributed by atoms with Gasteiger partial charge in [0.25, 0.3) is 0 Å². The Morgan fingerprint density at radius 2 is 1.97 bits per heavy atom. The molecular weight excluding hydrogens is 370 g/mol. The van der Waals surface area contributed by atoms with E-state index in [9.17, 15) is 9.59 Å². The van der Waals surface area contributed by atoms with Crippen LogP contribution in [0.1, 0.15) is 36.0 Å². The first-order valence-electron chi connectivity index (χ1n) is 10.2. The number of aromatic nitrogens is 2. The van der Waals surface area contributed by atoms with Crippen LogP contribution in [0.25, 0.3) is 0 Å². The molecule has 0 unspecified atom stereocenters. The van der Waals surface area contributed by atoms with E-state index in [1.54, 1.807) is 9.80 Å². The smallest absolute Gasteiger partial charge is 0.317 e. The first kappa shape index (κ1) is 19.4. The molecule has 29 heavy (non-hydrogen) atoms. The normalized spacial score (nSPS) is 16.4. The van der Waals surface area contributed by atoms with Crippen molar-refractivity contribution in [2.75, 3.05) is 33.2 Å². The minimum Gasteiger partial charge on any atom is -0.345 e. The second-order valence-electron chi connectivity index (χ2n) is 7.90. The fourth-order valence-corrected chi connectivity index (χ4v) is 3.43. The summed E-state index contributed by atoms with van der Waals surface area (Å²) in [6.45, 7) is 2.37. The summed E-state index contributed by atoms with van der Waals surface area (Å²) in [5.41, 5.74) is 1.21. The Kier molecular flexibility index (Phi) is 5.78. The topological polar surface area (TPSA) is 91.6 Å². The van der Waals surface area contributed by atoms with Gasteiger partial charge in [0.05, 0.1) is 5.92 Å². The highest BCUT2D eigenvalue weighted by atomic mass is 16.5. The number of hydrogen-bond donors (Lipinski definition) is 1. The number of nitrogens with zero attached hydrogens (tertiary/aromatic N) is 4. The fraction of sp³-hybridized carbons (Fsp3) is 0.524. The maximum atomic E-state index is 12.2. The zero-order chi connectivity index (χ0) is 20.2. The summed E-state index contributed by atoms with van der Waals surface area (Å²) in [5.74, 6) is 1.70. The maximum absolute atomic E-state index is 12.2. The van der Waals surface area contributed by atoms with Crippen molar-refractivity contribution in [1.29, 1.82) is 0 Å². The van der Waals surface area contributed by atoms with E-state index in [0.717, 1.165) is 19.3 Å². The van der Waals surface area contributed by atoms with Crippen LogP contribution in [-0.4, -0.2) is 65.1 Å². The molecule has 0 atom stereocenters. The second-order valence-corrected chi connectivity index (χ2v) is 7.90. The lowest BCUT2D eigenvalue weighted by Crippen LogP contribution is -2.52. The van der Waals surface area contributed by atoms with Crippen LogP contribution in [0.3, 0.4) is 0 Å². The van der Waals surface area contributed by atoms with Gasteiger partial charge in [-0.2, -0.15) is 4.98 Å². The first-order chi connectivity index (χ1) is 14.1. The molecule has 1 aliphatic heterocycles. The monoisotopic (exact) mass is 397 g/mol. The number of hydrogen-bond acceptors (Lipinski definition) is 5. The fourth-order valence-electron chi connectivity index (χ4n) is 3.43. The van der Waals surface area contributed by atoms with Crippen LogP contribution in [0.15, 0.2) is 34.9 Å². The van der Waals surface area contributed by atoms with Crippen molar-refractivity contribution in [2.24, 2.45) is 5.92 Å². The third-order valence-electron chi connectivity index (χ3n) is 5.51. The molecule has 2 heterocycles. The quantitative estimate of drug-likeness (QED) is 0.734. The summed E-state index contributed by atoms with van der Waals surface area (Å²) >= 11 is 0. The van der Waals surface area contributed by atoms with Crippen LogP contribution < -0.4 is 5.32 Å². The summed E-state index contributed by atoms with van der Waals surface area (Å²) < 4.78 is 5.37. The third kappa shape index (κ3) is 4.93. The van der Waals surface area contributed by atoms with Gasteiger partial charge in [0.2, 0.25) is 11.8 Å². The van der Waals surface area contributed by atoms with Gasteiger partial charge in [0, 0.05) is 45.6 Å². The van der Waals surface area contributed by atoms with Crippen molar-refractivity contribution >= 4 is 11.9 Å². The molecule has 1 saturated carbocycles. The van der Waals surface area contributed by atoms with Crippen LogP contribution in [-0.2, 0) is 17.6 Å². The first-order valence-corrected chi connectivity index (χ1v) is 10.2. The van der Waals surface area contributed by atoms with Gasteiger partial charge < -0.3 is 19.6 Å². The van der Waals surface area contributed by atoms with Crippen molar-refractivity contribution in [3.63, 3.8) is 0 Å². The Labute approximate surface area is 170 Å². The zero-order valence-corrected chi connectivity index (χ0v) is 16.7. The number of likely N-dealkylation sites (tertiary alicyclic amines) is 1. The third-order valence-corrected chi connectivity index (χ3v) is 5.51. The molecule has 2 fully saturated rings. The summed E-state index contributed by atoms with van der Waals surface area (Å²) in [6.07, 6.45) is 3.41. The minimum absolute atomic E-state index is 0.0582. The zero-order valence-electron chi connectivity index (χ0n) is 16.7. The Balaban J connectivity index is 1.16. The van der Waals surface area contributed by atoms with Gasteiger partial charge in [-0.25, -0.2) is 4.79 Å². The SMILES string of the molecule is CN(CCc1noc(C2CN(C(=O)NCCc3ccccc3)C2)n1)C(=O)C1CC1. The summed E-state index contributed by atoms with van der Waals surface area (Å²) in [4.78, 5) is 32.1. The summed E-state index contributed by atoms with van der Waals surface area (Å²) in [5, 5.41) is 6.97. The predicted molar refractivity (Wildman–Crippen MR) is 106 cm³/mol. The number of nitrogens with one attached hydrogen (secondary N) is 1. The predicted octanol–water partition coefficient (Wildman–Crippen LogP) is 1.83. The Morgan fingerprint density at radius 1 is 1.21 bits per heavy atom. The number of carbonyl (C=O) groups excluding carboxylic acids is 2. The molecule has 154 valence electrons. The lowest BCUT2D eigenvalue weighted by molar-refractivity contribution is -0.131. The van der Waals surface area contributed by atoms with Crippen molar-refractivity contribution in [2.45, 2.75) is 31.6 Å². The molecule has 2 aliphatic rings. The van der Waals surface area contributed by atoms with Crippen LogP contribution in [0.4, 0.5) is 4.79 Å². The average Bonchev–Trinajstić information content (AvgIpc) is 3.44. The molecule has 1 N–H and O–H groups in total. The van der Waals surface area contributed by atoms with E-state index in [4.69, 9.17) is 4.52 Å². The van der Waals surface area contributed by atoms with Gasteiger partial charge >= 0.3 is 6.03 Å². The molecule has 8 heteroatoms. The number of rotatable bonds is 8. The van der Waals surface area contributed by atoms with E-state index in [1.807, 2.05) is 25.2 Å². The Morgan fingerprint density at radius 3 is 2.69 bits per heavy atom. The van der Waals surface area contributed by atoms with Gasteiger partial charge in [0.1, 0.15) is 0 Å². The molecule has 4 rings (SSSR count). The highest BCUT2D eigenvalue weighted by Crippen LogP contribution is 2.30. The van der Waals surface area contributed by atoms with Crippen LogP contribution >= 0.6 is 0 Å². The molecule has 1 aliphatic carbocycles. The molecule has 1 aromatic heterocycles. The van der Waals surface area contributed by atoms with Gasteiger partial charge in [-0.3, -0.25) is 4.79 Å². The van der Waals surface area contributed by atoms with E-state index in [-0.39, 0.29) is 23.8 Å². The highest BCUT2D eigenvalue weighted by Gasteiger charge is 2.36. The Hall–Kier alpha value is -2.90. The Bertz CT molecular complexity index is 843. The van der Waals surface area contributed by atoms with E-state index in [1.165, 1.54) is 5.56 Å². The van der Waals surface area contributed by atoms with E-state index in [2.05, 4.69) is 27.6 Å². The van der Waals surface area contributed by atoms with Crippen molar-refractivity contribution < 1.29 is 14.1 Å². The molecule has 0 bridgehead atoms. The number of amides is 3. The molecule has 0 spiro atoms. The van der Waals surface area contributed by atoms with Crippen LogP contribution in [0.2, 0.25) is 0 Å². The van der Waals surface area contributed by atoms with E-state index < -0.39 is 0 Å². The minimum atomic E-state index is -0.0582. The lowest BCUT2D eigenvalue weighted by Gasteiger charge is -2.36. The molecular formula is C21H27N5O3. The van der Waals surface area contributed by atoms with Gasteiger partial charge in [-0.1, -0.05) is 35.5 Å². The second kappa shape index (κ2) is 8.63. The largest absolute Gasteiger partial charge is 0.345 e. The van der Waals surface area contributed by atoms with Gasteiger partial charge in [-0.15, -0.1) is 0 Å². The van der Waals surface area contributed by atoms with Crippen LogP contribution in [0, 0.1) is 5.92 Å². The lowest BCUT2D eigenvalue weighted by atomic mass is 10.0. The summed E-state index contributed by atoms with van der Waals surface area (Å²) in [7, 11) is 1.82. The van der Waals surface area contributed by atoms with Gasteiger partial charge in [-0.05, 0) is 24.8 Å². The van der Waals surface area contributed by atoms with E-state index in [0.29, 0.717) is 44.3 Å². The van der Waals surface area contributed by atoms with Crippen molar-refractivity contribution in [3.05, 3.63) is 47.6 Å². The highest BCUT2D eigenvalue weighted by molar-refractivity contribution is 5.80. The number of urea groups is 1. The summed E-state index contributed by atoms with van der Waals surface area (Å²) in [6, 6.07) is 10.0. The van der Waals surface area contributed by atoms with E-state index >= 15 is 0 Å². The molecule has 2 aromatic rings. The molecule has 1 saturated heterocycles. The van der Waals surface area contributed by atoms with Gasteiger partial charge in [0.15, 0.2) is 5.82 Å². The molecule has 0 radical (unpaired) electrons. The van der Waals surface area contributed by atoms with Crippen LogP contribution in [0.5, 0.6) is 0 Å². The maximum Gasteiger partial charge on any atom is 0.317 e. The standard InChI is InChI=1S/C21H27N5O3/c1-25(20(27)16-7-8-16)12-10-18-23-19(29-24-18)17-13-26(14-17)21(28)22-11-9-15-5-3-2-4-6-15/h2-6,16-17H,7-14H2,1H3,(H,22,28). The molecule has 8 nitrogen and oxygen atoms in total. The molecule has 1 aromatic carbocycles. The van der Waals surface area contributed by atoms with Crippen molar-refractivity contribution in [3.8, 4) is 0 Å². The number of likely N-dealkylation sites (N-methyl/N-ethyl adjacent to an activating group) is 1. The van der Waals surface area contributed by atoms with Crippen molar-refractivity contribution in [1.82, 2.24) is 25.3 Å². The number of benzene rings is 1.